The Bertz CT molecular complexity index is 3320. The van der Waals surface area contributed by atoms with Gasteiger partial charge in [-0.1, -0.05) is 158 Å². The van der Waals surface area contributed by atoms with Crippen LogP contribution in [0.4, 0.5) is 0 Å². The molecule has 3 nitrogen and oxygen atoms in total. The molecule has 2 heterocycles. The summed E-state index contributed by atoms with van der Waals surface area (Å²) in [6.07, 6.45) is 0. The van der Waals surface area contributed by atoms with Crippen molar-refractivity contribution in [3.8, 4) is 50.6 Å². The third-order valence-corrected chi connectivity index (χ3v) is 11.3. The van der Waals surface area contributed by atoms with Crippen LogP contribution in [0.15, 0.2) is 176 Å². The quantitative estimate of drug-likeness (QED) is 0.175. The van der Waals surface area contributed by atoms with Crippen molar-refractivity contribution in [1.29, 1.82) is 0 Å². The van der Waals surface area contributed by atoms with Gasteiger partial charge in [0.2, 0.25) is 5.95 Å². The lowest BCUT2D eigenvalue weighted by atomic mass is 9.92. The molecule has 0 unspecified atom stereocenters. The summed E-state index contributed by atoms with van der Waals surface area (Å²) in [6.45, 7) is 0. The van der Waals surface area contributed by atoms with Crippen molar-refractivity contribution in [2.24, 2.45) is 0 Å². The largest absolute Gasteiger partial charge is 0.278 e. The Morgan fingerprint density at radius 1 is 0.340 bits per heavy atom. The molecule has 9 aromatic carbocycles. The Labute approximate surface area is 305 Å². The number of hydrogen-bond acceptors (Lipinski definition) is 2. The van der Waals surface area contributed by atoms with Crippen LogP contribution in [0.5, 0.6) is 0 Å². The molecule has 0 N–H and O–H groups in total. The molecule has 1 aliphatic carbocycles. The first-order valence-electron chi connectivity index (χ1n) is 18.2. The molecule has 0 atom stereocenters. The van der Waals surface area contributed by atoms with E-state index in [1.54, 1.807) is 0 Å². The van der Waals surface area contributed by atoms with Crippen LogP contribution in [0, 0.1) is 0 Å². The molecule has 0 spiro atoms. The highest BCUT2D eigenvalue weighted by Gasteiger charge is 2.27. The van der Waals surface area contributed by atoms with Crippen molar-refractivity contribution >= 4 is 65.0 Å². The summed E-state index contributed by atoms with van der Waals surface area (Å²) in [4.78, 5) is 11.2. The van der Waals surface area contributed by atoms with E-state index in [1.807, 2.05) is 0 Å². The van der Waals surface area contributed by atoms with E-state index in [0.29, 0.717) is 5.95 Å². The molecular weight excluding hydrogens is 643 g/mol. The minimum atomic E-state index is 0.664. The number of rotatable bonds is 3. The molecule has 244 valence electrons. The SMILES string of the molecule is c1ccc(-c2cc3c4c5c(cccc5n(-c5nc(-c6ccccc6)c6c7ccccc7c7ccccc7c6n5)c4c2)-c2cccc4cccc-3c24)cc1. The Hall–Kier alpha value is -7.10. The maximum Gasteiger partial charge on any atom is 0.235 e. The Morgan fingerprint density at radius 3 is 1.64 bits per heavy atom. The highest BCUT2D eigenvalue weighted by Crippen LogP contribution is 2.51. The van der Waals surface area contributed by atoms with Gasteiger partial charge in [0, 0.05) is 27.1 Å². The third kappa shape index (κ3) is 3.94. The molecule has 0 aliphatic heterocycles. The van der Waals surface area contributed by atoms with E-state index in [2.05, 4.69) is 180 Å². The van der Waals surface area contributed by atoms with Gasteiger partial charge in [-0.15, -0.1) is 0 Å². The van der Waals surface area contributed by atoms with Crippen LogP contribution in [-0.4, -0.2) is 14.5 Å². The highest BCUT2D eigenvalue weighted by molar-refractivity contribution is 6.29. The van der Waals surface area contributed by atoms with Gasteiger partial charge >= 0.3 is 0 Å². The lowest BCUT2D eigenvalue weighted by Gasteiger charge is -2.17. The summed E-state index contributed by atoms with van der Waals surface area (Å²) >= 11 is 0. The van der Waals surface area contributed by atoms with Gasteiger partial charge in [-0.25, -0.2) is 9.97 Å². The van der Waals surface area contributed by atoms with Gasteiger partial charge in [0.1, 0.15) is 0 Å². The third-order valence-electron chi connectivity index (χ3n) is 11.3. The number of nitrogens with zero attached hydrogens (tertiary/aromatic N) is 3. The second-order valence-electron chi connectivity index (χ2n) is 14.1. The van der Waals surface area contributed by atoms with Gasteiger partial charge < -0.3 is 0 Å². The molecule has 0 saturated carbocycles. The fraction of sp³-hybridized carbons (Fsp3) is 0. The number of benzene rings is 9. The van der Waals surface area contributed by atoms with Gasteiger partial charge in [0.15, 0.2) is 0 Å². The lowest BCUT2D eigenvalue weighted by molar-refractivity contribution is 1.02. The zero-order chi connectivity index (χ0) is 34.6. The maximum atomic E-state index is 5.62. The minimum Gasteiger partial charge on any atom is -0.278 e. The first-order chi connectivity index (χ1) is 26.3. The predicted molar refractivity (Wildman–Crippen MR) is 222 cm³/mol. The molecule has 11 aromatic rings. The van der Waals surface area contributed by atoms with E-state index in [4.69, 9.17) is 9.97 Å². The van der Waals surface area contributed by atoms with Crippen LogP contribution in [0.2, 0.25) is 0 Å². The van der Waals surface area contributed by atoms with E-state index >= 15 is 0 Å². The molecule has 12 rings (SSSR count). The maximum absolute atomic E-state index is 5.62. The van der Waals surface area contributed by atoms with Crippen molar-refractivity contribution in [1.82, 2.24) is 14.5 Å². The Kier molecular flexibility index (Phi) is 5.77. The molecule has 0 saturated heterocycles. The Morgan fingerprint density at radius 2 is 0.906 bits per heavy atom. The van der Waals surface area contributed by atoms with Crippen molar-refractivity contribution in [3.05, 3.63) is 176 Å². The average molecular weight is 672 g/mol. The fourth-order valence-electron chi connectivity index (χ4n) is 9.09. The molecule has 2 aromatic heterocycles. The molecule has 0 fully saturated rings. The van der Waals surface area contributed by atoms with E-state index in [9.17, 15) is 0 Å². The van der Waals surface area contributed by atoms with Crippen molar-refractivity contribution < 1.29 is 0 Å². The Balaban J connectivity index is 1.31. The van der Waals surface area contributed by atoms with E-state index in [1.165, 1.54) is 60.1 Å². The van der Waals surface area contributed by atoms with E-state index in [0.717, 1.165) is 49.5 Å². The lowest BCUT2D eigenvalue weighted by Crippen LogP contribution is -2.04. The van der Waals surface area contributed by atoms with Crippen LogP contribution >= 0.6 is 0 Å². The minimum absolute atomic E-state index is 0.664. The smallest absolute Gasteiger partial charge is 0.235 e. The summed E-state index contributed by atoms with van der Waals surface area (Å²) in [5, 5.41) is 10.7. The topological polar surface area (TPSA) is 30.7 Å². The van der Waals surface area contributed by atoms with E-state index < -0.39 is 0 Å². The van der Waals surface area contributed by atoms with Gasteiger partial charge in [-0.3, -0.25) is 4.57 Å². The summed E-state index contributed by atoms with van der Waals surface area (Å²) in [6, 6.07) is 63.6. The molecule has 53 heavy (non-hydrogen) atoms. The predicted octanol–water partition coefficient (Wildman–Crippen LogP) is 13.2. The highest BCUT2D eigenvalue weighted by atomic mass is 15.2. The standard InChI is InChI=1S/C50H29N3/c1-3-14-30(15-4-1)33-28-41-39-25-12-19-31-18-11-24-37(44(31)39)38-26-13-27-42-45(38)46(41)43(29-33)53(42)50-51-48(32-16-5-2-6-17-32)47-36-22-9-7-20-34(36)35-21-8-10-23-40(35)49(47)52-50/h1-29H. The number of fused-ring (bicyclic) bond motifs is 8. The molecule has 0 amide bonds. The van der Waals surface area contributed by atoms with Crippen LogP contribution in [-0.2, 0) is 0 Å². The van der Waals surface area contributed by atoms with Gasteiger partial charge in [-0.2, -0.15) is 0 Å². The van der Waals surface area contributed by atoms with Crippen LogP contribution < -0.4 is 0 Å². The second kappa shape index (κ2) is 10.7. The van der Waals surface area contributed by atoms with Crippen LogP contribution in [0.1, 0.15) is 0 Å². The van der Waals surface area contributed by atoms with Crippen molar-refractivity contribution in [2.45, 2.75) is 0 Å². The van der Waals surface area contributed by atoms with Crippen molar-refractivity contribution in [3.63, 3.8) is 0 Å². The van der Waals surface area contributed by atoms with Crippen LogP contribution in [0.25, 0.3) is 116 Å². The van der Waals surface area contributed by atoms with Gasteiger partial charge in [0.05, 0.1) is 22.2 Å². The first-order valence-corrected chi connectivity index (χ1v) is 18.2. The number of hydrogen-bond donors (Lipinski definition) is 0. The van der Waals surface area contributed by atoms with Gasteiger partial charge in [-0.05, 0) is 78.5 Å². The molecule has 1 aliphatic rings. The molecule has 0 radical (unpaired) electrons. The monoisotopic (exact) mass is 671 g/mol. The molecular formula is C50H29N3. The zero-order valence-corrected chi connectivity index (χ0v) is 28.6. The normalized spacial score (nSPS) is 12.2. The van der Waals surface area contributed by atoms with Crippen LogP contribution in [0.3, 0.4) is 0 Å². The zero-order valence-electron chi connectivity index (χ0n) is 28.6. The van der Waals surface area contributed by atoms with Crippen molar-refractivity contribution in [2.75, 3.05) is 0 Å². The molecule has 0 bridgehead atoms. The second-order valence-corrected chi connectivity index (χ2v) is 14.1. The number of aromatic nitrogens is 3. The first kappa shape index (κ1) is 28.6. The van der Waals surface area contributed by atoms with E-state index in [-0.39, 0.29) is 0 Å². The summed E-state index contributed by atoms with van der Waals surface area (Å²) in [5.74, 6) is 0.664. The average Bonchev–Trinajstić information content (AvgIpc) is 3.51. The summed E-state index contributed by atoms with van der Waals surface area (Å²) < 4.78 is 2.33. The molecule has 3 heteroatoms. The fourth-order valence-corrected chi connectivity index (χ4v) is 9.09. The summed E-state index contributed by atoms with van der Waals surface area (Å²) in [7, 11) is 0. The van der Waals surface area contributed by atoms with Gasteiger partial charge in [0.25, 0.3) is 0 Å². The summed E-state index contributed by atoms with van der Waals surface area (Å²) in [5.41, 5.74) is 12.4.